The maximum absolute atomic E-state index is 6.26. The molecule has 0 radical (unpaired) electrons. The van der Waals surface area contributed by atoms with Crippen LogP contribution in [0.3, 0.4) is 0 Å². The van der Waals surface area contributed by atoms with Crippen molar-refractivity contribution in [3.05, 3.63) is 94.0 Å². The van der Waals surface area contributed by atoms with Gasteiger partial charge < -0.3 is 9.47 Å². The van der Waals surface area contributed by atoms with E-state index < -0.39 is 0 Å². The summed E-state index contributed by atoms with van der Waals surface area (Å²) in [5, 5.41) is 0. The Kier molecular flexibility index (Phi) is 3.53. The highest BCUT2D eigenvalue weighted by molar-refractivity contribution is 5.52. The molecule has 2 unspecified atom stereocenters. The van der Waals surface area contributed by atoms with E-state index in [1.54, 1.807) is 0 Å². The van der Waals surface area contributed by atoms with Crippen LogP contribution in [0, 0.1) is 13.8 Å². The Hall–Kier alpha value is -2.74. The van der Waals surface area contributed by atoms with Crippen LogP contribution in [0.1, 0.15) is 45.6 Å². The smallest absolute Gasteiger partial charge is 0.128 e. The first kappa shape index (κ1) is 15.5. The van der Waals surface area contributed by atoms with Gasteiger partial charge in [0.1, 0.15) is 23.7 Å². The van der Waals surface area contributed by atoms with Gasteiger partial charge in [-0.05, 0) is 37.1 Å². The van der Waals surface area contributed by atoms with Crippen LogP contribution in [0.15, 0.2) is 60.7 Å². The average Bonchev–Trinajstić information content (AvgIpc) is 3.23. The second kappa shape index (κ2) is 5.91. The third kappa shape index (κ3) is 2.66. The Morgan fingerprint density at radius 1 is 0.615 bits per heavy atom. The largest absolute Gasteiger partial charge is 0.485 e. The van der Waals surface area contributed by atoms with E-state index >= 15 is 0 Å². The molecule has 2 nitrogen and oxygen atoms in total. The van der Waals surface area contributed by atoms with E-state index in [0.29, 0.717) is 0 Å². The van der Waals surface area contributed by atoms with Crippen LogP contribution in [0.4, 0.5) is 0 Å². The number of fused-ring (bicyclic) bond motifs is 2. The molecule has 0 N–H and O–H groups in total. The molecular formula is C24H22O2. The van der Waals surface area contributed by atoms with Crippen molar-refractivity contribution in [2.45, 2.75) is 38.9 Å². The predicted molar refractivity (Wildman–Crippen MR) is 103 cm³/mol. The summed E-state index contributed by atoms with van der Waals surface area (Å²) in [6, 6.07) is 21.7. The zero-order valence-electron chi connectivity index (χ0n) is 15.2. The van der Waals surface area contributed by atoms with Gasteiger partial charge in [0.05, 0.1) is 0 Å². The van der Waals surface area contributed by atoms with Crippen molar-refractivity contribution < 1.29 is 9.47 Å². The van der Waals surface area contributed by atoms with Crippen LogP contribution >= 0.6 is 0 Å². The first-order valence-corrected chi connectivity index (χ1v) is 9.28. The number of benzene rings is 3. The molecule has 0 aliphatic carbocycles. The van der Waals surface area contributed by atoms with Gasteiger partial charge in [-0.15, -0.1) is 0 Å². The van der Waals surface area contributed by atoms with E-state index in [1.165, 1.54) is 33.4 Å². The van der Waals surface area contributed by atoms with Crippen molar-refractivity contribution >= 4 is 0 Å². The minimum Gasteiger partial charge on any atom is -0.485 e. The van der Waals surface area contributed by atoms with Crippen molar-refractivity contribution in [1.82, 2.24) is 0 Å². The van der Waals surface area contributed by atoms with Crippen LogP contribution in [-0.2, 0) is 12.8 Å². The Morgan fingerprint density at radius 2 is 1.00 bits per heavy atom. The number of ether oxygens (including phenoxy) is 2. The SMILES string of the molecule is Cc1ccc(C2Cc3cc4c(cc3O2)CC(c2ccc(C)cc2)O4)cc1. The zero-order valence-corrected chi connectivity index (χ0v) is 15.2. The van der Waals surface area contributed by atoms with E-state index in [1.807, 2.05) is 0 Å². The van der Waals surface area contributed by atoms with Gasteiger partial charge in [-0.1, -0.05) is 59.7 Å². The molecule has 0 bridgehead atoms. The van der Waals surface area contributed by atoms with Gasteiger partial charge in [-0.3, -0.25) is 0 Å². The number of rotatable bonds is 2. The Labute approximate surface area is 154 Å². The summed E-state index contributed by atoms with van der Waals surface area (Å²) in [5.41, 5.74) is 7.53. The summed E-state index contributed by atoms with van der Waals surface area (Å²) in [5.74, 6) is 2.03. The molecular weight excluding hydrogens is 320 g/mol. The van der Waals surface area contributed by atoms with Gasteiger partial charge in [0.25, 0.3) is 0 Å². The molecule has 0 aromatic heterocycles. The highest BCUT2D eigenvalue weighted by Gasteiger charge is 2.30. The molecule has 3 aromatic rings. The molecule has 26 heavy (non-hydrogen) atoms. The summed E-state index contributed by atoms with van der Waals surface area (Å²) < 4.78 is 12.5. The third-order valence-electron chi connectivity index (χ3n) is 5.49. The van der Waals surface area contributed by atoms with Crippen LogP contribution in [0.5, 0.6) is 11.5 Å². The van der Waals surface area contributed by atoms with Crippen LogP contribution in [-0.4, -0.2) is 0 Å². The minimum atomic E-state index is 0.112. The Bertz CT molecular complexity index is 843. The number of aryl methyl sites for hydroxylation is 2. The molecule has 0 saturated heterocycles. The van der Waals surface area contributed by atoms with Gasteiger partial charge in [0.2, 0.25) is 0 Å². The fraction of sp³-hybridized carbons (Fsp3) is 0.250. The molecule has 0 amide bonds. The van der Waals surface area contributed by atoms with Crippen molar-refractivity contribution in [1.29, 1.82) is 0 Å². The molecule has 2 aliphatic heterocycles. The van der Waals surface area contributed by atoms with Crippen molar-refractivity contribution in [3.63, 3.8) is 0 Å². The van der Waals surface area contributed by atoms with Gasteiger partial charge in [-0.25, -0.2) is 0 Å². The number of hydrogen-bond donors (Lipinski definition) is 0. The second-order valence-corrected chi connectivity index (χ2v) is 7.51. The molecule has 0 fully saturated rings. The van der Waals surface area contributed by atoms with Crippen LogP contribution in [0.25, 0.3) is 0 Å². The average molecular weight is 342 g/mol. The van der Waals surface area contributed by atoms with E-state index in [2.05, 4.69) is 74.5 Å². The third-order valence-corrected chi connectivity index (χ3v) is 5.49. The van der Waals surface area contributed by atoms with Crippen molar-refractivity contribution in [3.8, 4) is 11.5 Å². The lowest BCUT2D eigenvalue weighted by atomic mass is 9.99. The highest BCUT2D eigenvalue weighted by atomic mass is 16.5. The molecule has 2 heterocycles. The minimum absolute atomic E-state index is 0.112. The molecule has 3 aromatic carbocycles. The van der Waals surface area contributed by atoms with Crippen molar-refractivity contribution in [2.75, 3.05) is 0 Å². The van der Waals surface area contributed by atoms with E-state index in [-0.39, 0.29) is 12.2 Å². The maximum atomic E-state index is 6.26. The lowest BCUT2D eigenvalue weighted by molar-refractivity contribution is 0.237. The molecule has 130 valence electrons. The lowest BCUT2D eigenvalue weighted by Gasteiger charge is -2.11. The normalized spacial score (nSPS) is 20.2. The lowest BCUT2D eigenvalue weighted by Crippen LogP contribution is -2.03. The predicted octanol–water partition coefficient (Wildman–Crippen LogP) is 5.66. The topological polar surface area (TPSA) is 18.5 Å². The fourth-order valence-electron chi connectivity index (χ4n) is 3.91. The summed E-state index contributed by atoms with van der Waals surface area (Å²) in [4.78, 5) is 0. The molecule has 2 atom stereocenters. The Morgan fingerprint density at radius 3 is 1.38 bits per heavy atom. The number of hydrogen-bond acceptors (Lipinski definition) is 2. The summed E-state index contributed by atoms with van der Waals surface area (Å²) >= 11 is 0. The van der Waals surface area contributed by atoms with Gasteiger partial charge in [0.15, 0.2) is 0 Å². The molecule has 2 heteroatoms. The summed E-state index contributed by atoms with van der Waals surface area (Å²) in [6.45, 7) is 4.22. The van der Waals surface area contributed by atoms with E-state index in [4.69, 9.17) is 9.47 Å². The monoisotopic (exact) mass is 342 g/mol. The molecule has 2 aliphatic rings. The van der Waals surface area contributed by atoms with E-state index in [9.17, 15) is 0 Å². The van der Waals surface area contributed by atoms with Gasteiger partial charge in [-0.2, -0.15) is 0 Å². The first-order chi connectivity index (χ1) is 12.7. The van der Waals surface area contributed by atoms with Crippen molar-refractivity contribution in [2.24, 2.45) is 0 Å². The second-order valence-electron chi connectivity index (χ2n) is 7.51. The standard InChI is InChI=1S/C24H22O2/c1-15-3-7-17(8-4-15)21-11-19-13-24-20(14-23(19)25-21)12-22(26-24)18-9-5-16(2)6-10-18/h3-10,13-14,21-22H,11-12H2,1-2H3. The van der Waals surface area contributed by atoms with E-state index in [0.717, 1.165) is 24.3 Å². The maximum Gasteiger partial charge on any atom is 0.128 e. The highest BCUT2D eigenvalue weighted by Crippen LogP contribution is 2.45. The van der Waals surface area contributed by atoms with Gasteiger partial charge in [0, 0.05) is 24.0 Å². The van der Waals surface area contributed by atoms with Crippen LogP contribution < -0.4 is 9.47 Å². The summed E-state index contributed by atoms with van der Waals surface area (Å²) in [7, 11) is 0. The molecule has 0 spiro atoms. The Balaban J connectivity index is 1.37. The fourth-order valence-corrected chi connectivity index (χ4v) is 3.91. The van der Waals surface area contributed by atoms with Crippen LogP contribution in [0.2, 0.25) is 0 Å². The molecule has 5 rings (SSSR count). The van der Waals surface area contributed by atoms with Gasteiger partial charge >= 0.3 is 0 Å². The zero-order chi connectivity index (χ0) is 17.7. The molecule has 0 saturated carbocycles. The first-order valence-electron chi connectivity index (χ1n) is 9.28. The quantitative estimate of drug-likeness (QED) is 0.598. The summed E-state index contributed by atoms with van der Waals surface area (Å²) in [6.07, 6.45) is 2.04.